The molecule has 1 aliphatic heterocycles. The molecule has 92 valence electrons. The largest absolute Gasteiger partial charge is 0.381 e. The number of methoxy groups -OCH3 is 1. The van der Waals surface area contributed by atoms with Crippen molar-refractivity contribution in [1.82, 2.24) is 4.98 Å². The van der Waals surface area contributed by atoms with Crippen LogP contribution in [0.1, 0.15) is 12.8 Å². The Balaban J connectivity index is 2.01. The second-order valence-electron chi connectivity index (χ2n) is 4.05. The number of pyridine rings is 1. The Labute approximate surface area is 99.4 Å². The smallest absolute Gasteiger partial charge is 0.287 e. The van der Waals surface area contributed by atoms with Gasteiger partial charge in [-0.3, -0.25) is 10.1 Å². The predicted molar refractivity (Wildman–Crippen MR) is 63.1 cm³/mol. The molecule has 1 saturated heterocycles. The number of nitro groups is 1. The molecule has 0 aromatic carbocycles. The molecule has 6 heteroatoms. The zero-order chi connectivity index (χ0) is 12.3. The lowest BCUT2D eigenvalue weighted by Crippen LogP contribution is -2.37. The van der Waals surface area contributed by atoms with E-state index in [4.69, 9.17) is 4.74 Å². The second-order valence-corrected chi connectivity index (χ2v) is 4.05. The van der Waals surface area contributed by atoms with Crippen LogP contribution in [0, 0.1) is 10.1 Å². The summed E-state index contributed by atoms with van der Waals surface area (Å²) < 4.78 is 5.29. The van der Waals surface area contributed by atoms with Crippen LogP contribution in [-0.4, -0.2) is 36.2 Å². The van der Waals surface area contributed by atoms with E-state index in [-0.39, 0.29) is 5.69 Å². The molecule has 0 N–H and O–H groups in total. The SMILES string of the molecule is COC1CCN(c2ccc([N+](=O)[O-])cn2)CC1. The third kappa shape index (κ3) is 2.71. The van der Waals surface area contributed by atoms with Crippen LogP contribution in [0.15, 0.2) is 18.3 Å². The lowest BCUT2D eigenvalue weighted by atomic mass is 10.1. The standard InChI is InChI=1S/C11H15N3O3/c1-17-10-4-6-13(7-5-10)11-3-2-9(8-12-11)14(15)16/h2-3,8,10H,4-7H2,1H3. The molecule has 0 atom stereocenters. The quantitative estimate of drug-likeness (QED) is 0.590. The maximum Gasteiger partial charge on any atom is 0.287 e. The molecule has 17 heavy (non-hydrogen) atoms. The van der Waals surface area contributed by atoms with Crippen LogP contribution in [0.2, 0.25) is 0 Å². The summed E-state index contributed by atoms with van der Waals surface area (Å²) in [7, 11) is 1.73. The van der Waals surface area contributed by atoms with Crippen molar-refractivity contribution in [3.8, 4) is 0 Å². The number of ether oxygens (including phenoxy) is 1. The van der Waals surface area contributed by atoms with Gasteiger partial charge in [0.25, 0.3) is 5.69 Å². The van der Waals surface area contributed by atoms with E-state index < -0.39 is 4.92 Å². The zero-order valence-corrected chi connectivity index (χ0v) is 9.70. The molecule has 0 amide bonds. The van der Waals surface area contributed by atoms with Crippen molar-refractivity contribution in [3.05, 3.63) is 28.4 Å². The van der Waals surface area contributed by atoms with Gasteiger partial charge in [0.1, 0.15) is 12.0 Å². The number of hydrogen-bond acceptors (Lipinski definition) is 5. The Kier molecular flexibility index (Phi) is 3.53. The van der Waals surface area contributed by atoms with E-state index in [0.29, 0.717) is 6.10 Å². The van der Waals surface area contributed by atoms with Gasteiger partial charge in [-0.2, -0.15) is 0 Å². The molecule has 1 aromatic heterocycles. The van der Waals surface area contributed by atoms with Crippen LogP contribution in [0.4, 0.5) is 11.5 Å². The van der Waals surface area contributed by atoms with Crippen LogP contribution >= 0.6 is 0 Å². The van der Waals surface area contributed by atoms with Crippen LogP contribution in [0.25, 0.3) is 0 Å². The summed E-state index contributed by atoms with van der Waals surface area (Å²) in [6, 6.07) is 3.19. The number of hydrogen-bond donors (Lipinski definition) is 0. The minimum Gasteiger partial charge on any atom is -0.381 e. The van der Waals surface area contributed by atoms with Crippen LogP contribution in [-0.2, 0) is 4.74 Å². The molecule has 1 aliphatic rings. The first-order chi connectivity index (χ1) is 8.20. The van der Waals surface area contributed by atoms with Crippen molar-refractivity contribution in [2.24, 2.45) is 0 Å². The molecule has 1 aromatic rings. The molecule has 0 saturated carbocycles. The van der Waals surface area contributed by atoms with Gasteiger partial charge in [-0.05, 0) is 18.9 Å². The Morgan fingerprint density at radius 3 is 2.65 bits per heavy atom. The van der Waals surface area contributed by atoms with Crippen molar-refractivity contribution in [3.63, 3.8) is 0 Å². The highest BCUT2D eigenvalue weighted by atomic mass is 16.6. The predicted octanol–water partition coefficient (Wildman–Crippen LogP) is 1.60. The fourth-order valence-electron chi connectivity index (χ4n) is 1.99. The average molecular weight is 237 g/mol. The summed E-state index contributed by atoms with van der Waals surface area (Å²) in [5, 5.41) is 10.5. The average Bonchev–Trinajstić information content (AvgIpc) is 2.39. The first-order valence-corrected chi connectivity index (χ1v) is 5.59. The highest BCUT2D eigenvalue weighted by Gasteiger charge is 2.20. The molecular weight excluding hydrogens is 222 g/mol. The lowest BCUT2D eigenvalue weighted by molar-refractivity contribution is -0.385. The summed E-state index contributed by atoms with van der Waals surface area (Å²) in [6.07, 6.45) is 3.56. The van der Waals surface area contributed by atoms with E-state index >= 15 is 0 Å². The fourth-order valence-corrected chi connectivity index (χ4v) is 1.99. The van der Waals surface area contributed by atoms with E-state index in [9.17, 15) is 10.1 Å². The molecule has 0 unspecified atom stereocenters. The molecule has 0 bridgehead atoms. The van der Waals surface area contributed by atoms with Gasteiger partial charge in [0.15, 0.2) is 0 Å². The third-order valence-corrected chi connectivity index (χ3v) is 3.04. The van der Waals surface area contributed by atoms with Gasteiger partial charge in [0, 0.05) is 26.3 Å². The first kappa shape index (κ1) is 11.8. The van der Waals surface area contributed by atoms with E-state index in [2.05, 4.69) is 9.88 Å². The lowest BCUT2D eigenvalue weighted by Gasteiger charge is -2.31. The second kappa shape index (κ2) is 5.09. The Hall–Kier alpha value is -1.69. The summed E-state index contributed by atoms with van der Waals surface area (Å²) in [4.78, 5) is 16.3. The maximum absolute atomic E-state index is 10.5. The summed E-state index contributed by atoms with van der Waals surface area (Å²) in [5.74, 6) is 0.796. The van der Waals surface area contributed by atoms with Gasteiger partial charge < -0.3 is 9.64 Å². The van der Waals surface area contributed by atoms with E-state index in [1.807, 2.05) is 0 Å². The van der Waals surface area contributed by atoms with Gasteiger partial charge in [-0.25, -0.2) is 4.98 Å². The summed E-state index contributed by atoms with van der Waals surface area (Å²) in [5.41, 5.74) is 0.0283. The summed E-state index contributed by atoms with van der Waals surface area (Å²) in [6.45, 7) is 1.76. The maximum atomic E-state index is 10.5. The Morgan fingerprint density at radius 1 is 1.47 bits per heavy atom. The molecule has 2 heterocycles. The van der Waals surface area contributed by atoms with Crippen molar-refractivity contribution in [2.45, 2.75) is 18.9 Å². The van der Waals surface area contributed by atoms with Crippen molar-refractivity contribution in [1.29, 1.82) is 0 Å². The monoisotopic (exact) mass is 237 g/mol. The number of anilines is 1. The first-order valence-electron chi connectivity index (χ1n) is 5.59. The van der Waals surface area contributed by atoms with Crippen LogP contribution in [0.3, 0.4) is 0 Å². The number of rotatable bonds is 3. The van der Waals surface area contributed by atoms with Gasteiger partial charge in [0.2, 0.25) is 0 Å². The number of piperidine rings is 1. The van der Waals surface area contributed by atoms with Crippen LogP contribution in [0.5, 0.6) is 0 Å². The Morgan fingerprint density at radius 2 is 2.18 bits per heavy atom. The Bertz CT molecular complexity index is 385. The normalized spacial score (nSPS) is 17.1. The van der Waals surface area contributed by atoms with Crippen molar-refractivity contribution < 1.29 is 9.66 Å². The molecule has 6 nitrogen and oxygen atoms in total. The minimum atomic E-state index is -0.437. The van der Waals surface area contributed by atoms with E-state index in [1.165, 1.54) is 12.3 Å². The number of nitrogens with zero attached hydrogens (tertiary/aromatic N) is 3. The van der Waals surface area contributed by atoms with Gasteiger partial charge in [-0.15, -0.1) is 0 Å². The molecule has 0 spiro atoms. The van der Waals surface area contributed by atoms with Crippen molar-refractivity contribution >= 4 is 11.5 Å². The third-order valence-electron chi connectivity index (χ3n) is 3.04. The topological polar surface area (TPSA) is 68.5 Å². The number of aromatic nitrogens is 1. The van der Waals surface area contributed by atoms with Gasteiger partial charge in [0.05, 0.1) is 11.0 Å². The fraction of sp³-hybridized carbons (Fsp3) is 0.545. The van der Waals surface area contributed by atoms with Crippen LogP contribution < -0.4 is 4.90 Å². The zero-order valence-electron chi connectivity index (χ0n) is 9.70. The highest BCUT2D eigenvalue weighted by molar-refractivity contribution is 5.43. The molecule has 1 fully saturated rings. The molecule has 0 radical (unpaired) electrons. The molecule has 2 rings (SSSR count). The highest BCUT2D eigenvalue weighted by Crippen LogP contribution is 2.20. The molecule has 0 aliphatic carbocycles. The molecular formula is C11H15N3O3. The van der Waals surface area contributed by atoms with Gasteiger partial charge >= 0.3 is 0 Å². The van der Waals surface area contributed by atoms with E-state index in [1.54, 1.807) is 13.2 Å². The van der Waals surface area contributed by atoms with Crippen molar-refractivity contribution in [2.75, 3.05) is 25.1 Å². The summed E-state index contributed by atoms with van der Waals surface area (Å²) >= 11 is 0. The van der Waals surface area contributed by atoms with Gasteiger partial charge in [-0.1, -0.05) is 0 Å². The minimum absolute atomic E-state index is 0.0283. The van der Waals surface area contributed by atoms with E-state index in [0.717, 1.165) is 31.7 Å².